The first-order chi connectivity index (χ1) is 31.9. The van der Waals surface area contributed by atoms with Gasteiger partial charge < -0.3 is 89.3 Å². The highest BCUT2D eigenvalue weighted by molar-refractivity contribution is 5.71. The van der Waals surface area contributed by atoms with Crippen LogP contribution < -0.4 is 0 Å². The fraction of sp³-hybridized carbons (Fsp3) is 0.935. The predicted octanol–water partition coefficient (Wildman–Crippen LogP) is 0.617. The highest BCUT2D eigenvalue weighted by Gasteiger charge is 2.50. The van der Waals surface area contributed by atoms with E-state index in [9.17, 15) is 65.4 Å². The van der Waals surface area contributed by atoms with Crippen molar-refractivity contribution in [2.45, 2.75) is 253 Å². The number of carboxylic acid groups (broad SMARTS) is 1. The number of hydrogen-bond acceptors (Lipinski definition) is 20. The second-order valence-electron chi connectivity index (χ2n) is 18.4. The summed E-state index contributed by atoms with van der Waals surface area (Å²) in [4.78, 5) is 35.6. The van der Waals surface area contributed by atoms with E-state index in [0.717, 1.165) is 90.4 Å². The minimum absolute atomic E-state index is 0.290. The average Bonchev–Trinajstić information content (AvgIpc) is 3.29. The molecule has 0 unspecified atom stereocenters. The van der Waals surface area contributed by atoms with Gasteiger partial charge in [0.25, 0.3) is 0 Å². The predicted molar refractivity (Wildman–Crippen MR) is 235 cm³/mol. The molecule has 21 heteroatoms. The standard InChI is InChI=1S/C46H82O21/c1-3-4-14-18-28(19-17-22-30(49)29(48)20-15-12-10-8-6-5-7-9-11-13-16-21-31(50)44(59)60)64-46-43(38(55)33(52)25-63-46)66-36(53)23-34-42(37(54)32(51)24-62-34)67-45-41(58)40(57)39(56)35(65-45)26-61-27(2)47/h28-35,37-43,45-46,48-52,54-58H,3-26H2,1-2H3,(H,59,60)/t28-,29-,30+,31+,32-,33-,34+,35-,37+,38+,39-,40+,41-,42+,43-,45+,46+/m1/s1. The van der Waals surface area contributed by atoms with Gasteiger partial charge in [-0.15, -0.1) is 0 Å². The molecule has 3 rings (SSSR count). The van der Waals surface area contributed by atoms with Crippen molar-refractivity contribution < 1.29 is 104 Å². The Morgan fingerprint density at radius 2 is 1.10 bits per heavy atom. The van der Waals surface area contributed by atoms with Gasteiger partial charge in [-0.25, -0.2) is 4.79 Å². The van der Waals surface area contributed by atoms with Crippen molar-refractivity contribution in [2.24, 2.45) is 0 Å². The first kappa shape index (κ1) is 59.1. The monoisotopic (exact) mass is 971 g/mol. The van der Waals surface area contributed by atoms with Gasteiger partial charge in [0.05, 0.1) is 44.1 Å². The van der Waals surface area contributed by atoms with Gasteiger partial charge in [-0.2, -0.15) is 0 Å². The summed E-state index contributed by atoms with van der Waals surface area (Å²) in [7, 11) is 0. The molecular formula is C46H82O21. The van der Waals surface area contributed by atoms with Crippen LogP contribution in [0.15, 0.2) is 0 Å². The van der Waals surface area contributed by atoms with Crippen LogP contribution in [-0.2, 0) is 47.5 Å². The third-order valence-electron chi connectivity index (χ3n) is 12.7. The third kappa shape index (κ3) is 21.0. The van der Waals surface area contributed by atoms with Gasteiger partial charge in [-0.1, -0.05) is 96.8 Å². The lowest BCUT2D eigenvalue weighted by Crippen LogP contribution is -2.63. The van der Waals surface area contributed by atoms with E-state index >= 15 is 0 Å². The summed E-state index contributed by atoms with van der Waals surface area (Å²) < 4.78 is 39.5. The number of unbranched alkanes of at least 4 members (excludes halogenated alkanes) is 12. The van der Waals surface area contributed by atoms with E-state index in [1.165, 1.54) is 0 Å². The molecular weight excluding hydrogens is 888 g/mol. The van der Waals surface area contributed by atoms with Gasteiger partial charge in [-0.3, -0.25) is 9.59 Å². The maximum absolute atomic E-state index is 13.5. The molecule has 0 saturated carbocycles. The topological polar surface area (TPSA) is 338 Å². The summed E-state index contributed by atoms with van der Waals surface area (Å²) in [5.41, 5.74) is 0. The van der Waals surface area contributed by atoms with Gasteiger partial charge in [-0.05, 0) is 38.5 Å². The number of aliphatic hydroxyl groups is 10. The number of carbonyl (C=O) groups excluding carboxylic acids is 2. The number of carboxylic acids is 1. The summed E-state index contributed by atoms with van der Waals surface area (Å²) >= 11 is 0. The number of carbonyl (C=O) groups is 3. The lowest BCUT2D eigenvalue weighted by molar-refractivity contribution is -0.335. The fourth-order valence-corrected chi connectivity index (χ4v) is 8.53. The molecule has 0 aromatic carbocycles. The van der Waals surface area contributed by atoms with E-state index in [4.69, 9.17) is 38.3 Å². The summed E-state index contributed by atoms with van der Waals surface area (Å²) in [5.74, 6) is -2.89. The van der Waals surface area contributed by atoms with Crippen molar-refractivity contribution in [1.29, 1.82) is 0 Å². The lowest BCUT2D eigenvalue weighted by Gasteiger charge is -2.44. The maximum Gasteiger partial charge on any atom is 0.332 e. The molecule has 0 amide bonds. The van der Waals surface area contributed by atoms with Crippen LogP contribution >= 0.6 is 0 Å². The van der Waals surface area contributed by atoms with Crippen molar-refractivity contribution in [3.63, 3.8) is 0 Å². The van der Waals surface area contributed by atoms with Crippen LogP contribution in [0.1, 0.15) is 149 Å². The molecule has 392 valence electrons. The van der Waals surface area contributed by atoms with Crippen molar-refractivity contribution in [3.05, 3.63) is 0 Å². The third-order valence-corrected chi connectivity index (χ3v) is 12.7. The normalized spacial score (nSPS) is 32.0. The van der Waals surface area contributed by atoms with E-state index in [-0.39, 0.29) is 13.0 Å². The maximum atomic E-state index is 13.5. The largest absolute Gasteiger partial charge is 0.479 e. The van der Waals surface area contributed by atoms with Crippen LogP contribution in [0.2, 0.25) is 0 Å². The highest BCUT2D eigenvalue weighted by atomic mass is 16.7. The zero-order valence-electron chi connectivity index (χ0n) is 39.3. The Bertz CT molecular complexity index is 1380. The van der Waals surface area contributed by atoms with Crippen molar-refractivity contribution in [2.75, 3.05) is 19.8 Å². The molecule has 17 atom stereocenters. The summed E-state index contributed by atoms with van der Waals surface area (Å²) in [5, 5.41) is 114. The van der Waals surface area contributed by atoms with Crippen molar-refractivity contribution >= 4 is 17.9 Å². The zero-order chi connectivity index (χ0) is 49.5. The Balaban J connectivity index is 1.48. The average molecular weight is 971 g/mol. The van der Waals surface area contributed by atoms with Crippen molar-refractivity contribution in [3.8, 4) is 0 Å². The molecule has 0 bridgehead atoms. The fourth-order valence-electron chi connectivity index (χ4n) is 8.53. The number of esters is 2. The molecule has 21 nitrogen and oxygen atoms in total. The Hall–Kier alpha value is -2.19. The Kier molecular flexibility index (Phi) is 28.2. The molecule has 0 aromatic rings. The van der Waals surface area contributed by atoms with Gasteiger partial charge in [0.15, 0.2) is 24.8 Å². The van der Waals surface area contributed by atoms with E-state index in [2.05, 4.69) is 0 Å². The Labute approximate surface area is 393 Å². The molecule has 0 aliphatic carbocycles. The smallest absolute Gasteiger partial charge is 0.332 e. The van der Waals surface area contributed by atoms with Crippen molar-refractivity contribution in [1.82, 2.24) is 0 Å². The van der Waals surface area contributed by atoms with Gasteiger partial charge >= 0.3 is 17.9 Å². The molecule has 3 heterocycles. The van der Waals surface area contributed by atoms with Gasteiger partial charge in [0.1, 0.15) is 61.5 Å². The first-order valence-electron chi connectivity index (χ1n) is 24.5. The minimum atomic E-state index is -1.88. The Morgan fingerprint density at radius 1 is 0.582 bits per heavy atom. The molecule has 0 spiro atoms. The molecule has 3 aliphatic heterocycles. The van der Waals surface area contributed by atoms with E-state index in [1.807, 2.05) is 6.92 Å². The number of ether oxygens (including phenoxy) is 7. The highest BCUT2D eigenvalue weighted by Crippen LogP contribution is 2.31. The SMILES string of the molecule is CCCCC[C@H](CCC[C@H](O)[C@H](O)CCCCCCCCCCCCC[C@H](O)C(=O)O)O[C@@H]1OC[C@@H](O)[C@H](O)[C@H]1OC(=O)C[C@@H]1OC[C@@H](O)[C@H](O)[C@H]1O[C@@H]1O[C@H](COC(C)=O)[C@@H](O)[C@H](O)[C@H]1O. The lowest BCUT2D eigenvalue weighted by atomic mass is 9.96. The number of aliphatic hydroxyl groups excluding tert-OH is 10. The molecule has 67 heavy (non-hydrogen) atoms. The van der Waals surface area contributed by atoms with Crippen LogP contribution in [0.3, 0.4) is 0 Å². The van der Waals surface area contributed by atoms with E-state index in [0.29, 0.717) is 38.5 Å². The zero-order valence-corrected chi connectivity index (χ0v) is 39.3. The molecule has 3 aliphatic rings. The van der Waals surface area contributed by atoms with Gasteiger partial charge in [0, 0.05) is 6.92 Å². The number of hydrogen-bond donors (Lipinski definition) is 11. The first-order valence-corrected chi connectivity index (χ1v) is 24.5. The van der Waals surface area contributed by atoms with E-state index < -0.39 is 142 Å². The molecule has 3 fully saturated rings. The molecule has 0 aromatic heterocycles. The summed E-state index contributed by atoms with van der Waals surface area (Å²) in [6, 6.07) is 0. The number of rotatable bonds is 33. The number of aliphatic carboxylic acids is 1. The summed E-state index contributed by atoms with van der Waals surface area (Å²) in [6.45, 7) is 1.88. The van der Waals surface area contributed by atoms with Gasteiger partial charge in [0.2, 0.25) is 0 Å². The van der Waals surface area contributed by atoms with E-state index in [1.54, 1.807) is 0 Å². The minimum Gasteiger partial charge on any atom is -0.479 e. The molecule has 11 N–H and O–H groups in total. The molecule has 0 radical (unpaired) electrons. The summed E-state index contributed by atoms with van der Waals surface area (Å²) in [6.07, 6.45) is -8.70. The van der Waals surface area contributed by atoms with Crippen LogP contribution in [0, 0.1) is 0 Å². The van der Waals surface area contributed by atoms with Crippen LogP contribution in [0.5, 0.6) is 0 Å². The molecule has 3 saturated heterocycles. The van der Waals surface area contributed by atoms with Crippen LogP contribution in [0.25, 0.3) is 0 Å². The second-order valence-corrected chi connectivity index (χ2v) is 18.4. The van der Waals surface area contributed by atoms with Crippen LogP contribution in [-0.4, -0.2) is 198 Å². The Morgan fingerprint density at radius 3 is 1.69 bits per heavy atom. The second kappa shape index (κ2) is 31.9. The quantitative estimate of drug-likeness (QED) is 0.0317. The van der Waals surface area contributed by atoms with Crippen LogP contribution in [0.4, 0.5) is 0 Å².